The van der Waals surface area contributed by atoms with Crippen LogP contribution in [-0.2, 0) is 14.6 Å². The number of hydrogen-bond acceptors (Lipinski definition) is 4. The highest BCUT2D eigenvalue weighted by Gasteiger charge is 2.11. The van der Waals surface area contributed by atoms with E-state index in [1.807, 2.05) is 13.0 Å². The topological polar surface area (TPSA) is 69.4 Å². The van der Waals surface area contributed by atoms with Gasteiger partial charge < -0.3 is 10.5 Å². The second-order valence-corrected chi connectivity index (χ2v) is 6.04. The Hall–Kier alpha value is -0.910. The average molecular weight is 257 g/mol. The van der Waals surface area contributed by atoms with E-state index < -0.39 is 9.84 Å². The fraction of sp³-hybridized carbons (Fsp3) is 0.500. The van der Waals surface area contributed by atoms with Crippen LogP contribution >= 0.6 is 0 Å². The summed E-state index contributed by atoms with van der Waals surface area (Å²) in [4.78, 5) is 0.293. The minimum absolute atomic E-state index is 0.289. The van der Waals surface area contributed by atoms with Gasteiger partial charge in [0.1, 0.15) is 0 Å². The molecule has 1 aromatic rings. The molecular weight excluding hydrogens is 238 g/mol. The van der Waals surface area contributed by atoms with Gasteiger partial charge in [-0.3, -0.25) is 0 Å². The summed E-state index contributed by atoms with van der Waals surface area (Å²) in [5, 5.41) is 0. The Balaban J connectivity index is 2.78. The normalized spacial score (nSPS) is 13.6. The summed E-state index contributed by atoms with van der Waals surface area (Å²) in [6.45, 7) is 3.09. The first kappa shape index (κ1) is 14.2. The molecule has 0 spiro atoms. The molecule has 0 radical (unpaired) electrons. The highest BCUT2D eigenvalue weighted by atomic mass is 32.2. The van der Waals surface area contributed by atoms with Gasteiger partial charge >= 0.3 is 0 Å². The van der Waals surface area contributed by atoms with Crippen LogP contribution < -0.4 is 5.73 Å². The summed E-state index contributed by atoms with van der Waals surface area (Å²) in [5.41, 5.74) is 6.71. The van der Waals surface area contributed by atoms with Crippen molar-refractivity contribution in [2.75, 3.05) is 19.5 Å². The van der Waals surface area contributed by atoms with Crippen LogP contribution in [0, 0.1) is 0 Å². The van der Waals surface area contributed by atoms with Gasteiger partial charge in [0.25, 0.3) is 0 Å². The SMILES string of the molecule is CCCOCC(N)c1cccc(S(C)(=O)=O)c1. The molecule has 17 heavy (non-hydrogen) atoms. The van der Waals surface area contributed by atoms with Crippen molar-refractivity contribution in [2.24, 2.45) is 5.73 Å². The number of ether oxygens (including phenoxy) is 1. The lowest BCUT2D eigenvalue weighted by molar-refractivity contribution is 0.121. The van der Waals surface area contributed by atoms with Crippen LogP contribution in [0.4, 0.5) is 0 Å². The Morgan fingerprint density at radius 1 is 1.41 bits per heavy atom. The van der Waals surface area contributed by atoms with Crippen LogP contribution in [0.3, 0.4) is 0 Å². The smallest absolute Gasteiger partial charge is 0.175 e. The molecule has 1 rings (SSSR count). The minimum Gasteiger partial charge on any atom is -0.379 e. The molecular formula is C12H19NO3S. The molecule has 1 aromatic carbocycles. The Labute approximate surface area is 103 Å². The van der Waals surface area contributed by atoms with Crippen LogP contribution in [-0.4, -0.2) is 27.9 Å². The summed E-state index contributed by atoms with van der Waals surface area (Å²) in [7, 11) is -3.18. The largest absolute Gasteiger partial charge is 0.379 e. The predicted octanol–water partition coefficient (Wildman–Crippen LogP) is 1.52. The molecule has 0 amide bonds. The van der Waals surface area contributed by atoms with E-state index in [1.165, 1.54) is 6.26 Å². The third-order valence-corrected chi connectivity index (χ3v) is 3.47. The van der Waals surface area contributed by atoms with Crippen LogP contribution in [0.2, 0.25) is 0 Å². The summed E-state index contributed by atoms with van der Waals surface area (Å²) in [6.07, 6.45) is 2.13. The fourth-order valence-corrected chi connectivity index (χ4v) is 2.10. The summed E-state index contributed by atoms with van der Waals surface area (Å²) >= 11 is 0. The molecule has 0 aliphatic carbocycles. The van der Waals surface area contributed by atoms with Crippen LogP contribution in [0.5, 0.6) is 0 Å². The van der Waals surface area contributed by atoms with Crippen molar-refractivity contribution in [3.63, 3.8) is 0 Å². The standard InChI is InChI=1S/C12H19NO3S/c1-3-7-16-9-12(13)10-5-4-6-11(8-10)17(2,14)15/h4-6,8,12H,3,7,9,13H2,1-2H3. The summed E-state index contributed by atoms with van der Waals surface area (Å²) < 4.78 is 28.1. The lowest BCUT2D eigenvalue weighted by atomic mass is 10.1. The zero-order chi connectivity index (χ0) is 12.9. The highest BCUT2D eigenvalue weighted by molar-refractivity contribution is 7.90. The molecule has 0 aliphatic heterocycles. The van der Waals surface area contributed by atoms with E-state index in [2.05, 4.69) is 0 Å². The van der Waals surface area contributed by atoms with Gasteiger partial charge in [-0.2, -0.15) is 0 Å². The molecule has 0 bridgehead atoms. The third kappa shape index (κ3) is 4.46. The van der Waals surface area contributed by atoms with Gasteiger partial charge in [-0.25, -0.2) is 8.42 Å². The summed E-state index contributed by atoms with van der Waals surface area (Å²) in [5.74, 6) is 0. The predicted molar refractivity (Wildman–Crippen MR) is 67.6 cm³/mol. The van der Waals surface area contributed by atoms with Crippen LogP contribution in [0.1, 0.15) is 24.9 Å². The molecule has 5 heteroatoms. The number of rotatable bonds is 6. The first-order chi connectivity index (χ1) is 7.95. The van der Waals surface area contributed by atoms with Gasteiger partial charge in [0.15, 0.2) is 9.84 Å². The second-order valence-electron chi connectivity index (χ2n) is 4.03. The first-order valence-corrected chi connectivity index (χ1v) is 7.47. The van der Waals surface area contributed by atoms with Crippen LogP contribution in [0.15, 0.2) is 29.2 Å². The maximum Gasteiger partial charge on any atom is 0.175 e. The molecule has 1 unspecified atom stereocenters. The molecule has 0 fully saturated rings. The zero-order valence-electron chi connectivity index (χ0n) is 10.2. The number of nitrogens with two attached hydrogens (primary N) is 1. The minimum atomic E-state index is -3.18. The Bertz CT molecular complexity index is 457. The molecule has 2 N–H and O–H groups in total. The zero-order valence-corrected chi connectivity index (χ0v) is 11.0. The first-order valence-electron chi connectivity index (χ1n) is 5.58. The van der Waals surface area contributed by atoms with Gasteiger partial charge in [-0.15, -0.1) is 0 Å². The maximum absolute atomic E-state index is 11.4. The molecule has 0 aliphatic rings. The lowest BCUT2D eigenvalue weighted by Crippen LogP contribution is -2.17. The summed E-state index contributed by atoms with van der Waals surface area (Å²) in [6, 6.07) is 6.40. The van der Waals surface area contributed by atoms with Gasteiger partial charge in [0, 0.05) is 12.9 Å². The number of sulfone groups is 1. The van der Waals surface area contributed by atoms with Crippen molar-refractivity contribution in [1.82, 2.24) is 0 Å². The van der Waals surface area contributed by atoms with Gasteiger partial charge in [0.2, 0.25) is 0 Å². The molecule has 0 aromatic heterocycles. The third-order valence-electron chi connectivity index (χ3n) is 2.36. The van der Waals surface area contributed by atoms with Crippen molar-refractivity contribution >= 4 is 9.84 Å². The van der Waals surface area contributed by atoms with Crippen molar-refractivity contribution in [3.8, 4) is 0 Å². The van der Waals surface area contributed by atoms with E-state index in [0.717, 1.165) is 12.0 Å². The highest BCUT2D eigenvalue weighted by Crippen LogP contribution is 2.16. The quantitative estimate of drug-likeness (QED) is 0.784. The maximum atomic E-state index is 11.4. The number of hydrogen-bond donors (Lipinski definition) is 1. The average Bonchev–Trinajstić information content (AvgIpc) is 2.28. The molecule has 0 heterocycles. The lowest BCUT2D eigenvalue weighted by Gasteiger charge is -2.13. The van der Waals surface area contributed by atoms with E-state index in [4.69, 9.17) is 10.5 Å². The molecule has 1 atom stereocenters. The van der Waals surface area contributed by atoms with Gasteiger partial charge in [-0.1, -0.05) is 19.1 Å². The van der Waals surface area contributed by atoms with E-state index in [-0.39, 0.29) is 6.04 Å². The van der Waals surface area contributed by atoms with E-state index >= 15 is 0 Å². The molecule has 4 nitrogen and oxygen atoms in total. The second kappa shape index (κ2) is 6.14. The van der Waals surface area contributed by atoms with E-state index in [0.29, 0.717) is 18.1 Å². The molecule has 96 valence electrons. The Morgan fingerprint density at radius 2 is 2.12 bits per heavy atom. The van der Waals surface area contributed by atoms with Crippen molar-refractivity contribution < 1.29 is 13.2 Å². The van der Waals surface area contributed by atoms with Crippen molar-refractivity contribution in [2.45, 2.75) is 24.3 Å². The van der Waals surface area contributed by atoms with Crippen molar-refractivity contribution in [1.29, 1.82) is 0 Å². The van der Waals surface area contributed by atoms with Crippen LogP contribution in [0.25, 0.3) is 0 Å². The van der Waals surface area contributed by atoms with Gasteiger partial charge in [0.05, 0.1) is 17.5 Å². The fourth-order valence-electron chi connectivity index (χ4n) is 1.43. The Kier molecular flexibility index (Phi) is 5.11. The van der Waals surface area contributed by atoms with Crippen molar-refractivity contribution in [3.05, 3.63) is 29.8 Å². The Morgan fingerprint density at radius 3 is 2.71 bits per heavy atom. The van der Waals surface area contributed by atoms with Gasteiger partial charge in [-0.05, 0) is 24.1 Å². The molecule has 0 saturated carbocycles. The monoisotopic (exact) mass is 257 g/mol. The van der Waals surface area contributed by atoms with E-state index in [9.17, 15) is 8.42 Å². The molecule has 0 saturated heterocycles. The number of benzene rings is 1. The van der Waals surface area contributed by atoms with E-state index in [1.54, 1.807) is 18.2 Å².